The standard InChI is InChI=1S/C14H28O2/c1-5-7-9-12(6-2)10-8-11-13(15)14(3,4)16/h6,12-13,15-16H,2,5,7-11H2,1,3-4H3/t12?,13-/m0/s1. The fourth-order valence-electron chi connectivity index (χ4n) is 1.77. The van der Waals surface area contributed by atoms with E-state index in [2.05, 4.69) is 13.5 Å². The second-order valence-corrected chi connectivity index (χ2v) is 5.24. The lowest BCUT2D eigenvalue weighted by Gasteiger charge is -2.24. The van der Waals surface area contributed by atoms with Crippen LogP contribution in [0, 0.1) is 5.92 Å². The van der Waals surface area contributed by atoms with Crippen LogP contribution < -0.4 is 0 Å². The van der Waals surface area contributed by atoms with Gasteiger partial charge < -0.3 is 10.2 Å². The molecule has 2 N–H and O–H groups in total. The number of hydrogen-bond acceptors (Lipinski definition) is 2. The van der Waals surface area contributed by atoms with Gasteiger partial charge in [0.15, 0.2) is 0 Å². The highest BCUT2D eigenvalue weighted by Gasteiger charge is 2.23. The summed E-state index contributed by atoms with van der Waals surface area (Å²) >= 11 is 0. The molecule has 0 saturated heterocycles. The van der Waals surface area contributed by atoms with Gasteiger partial charge in [-0.3, -0.25) is 0 Å². The zero-order valence-electron chi connectivity index (χ0n) is 11.1. The molecule has 0 aliphatic rings. The number of aliphatic hydroxyl groups excluding tert-OH is 1. The molecule has 96 valence electrons. The molecule has 0 aliphatic carbocycles. The molecule has 0 heterocycles. The molecular weight excluding hydrogens is 200 g/mol. The van der Waals surface area contributed by atoms with E-state index < -0.39 is 11.7 Å². The van der Waals surface area contributed by atoms with Gasteiger partial charge in [0.1, 0.15) is 0 Å². The van der Waals surface area contributed by atoms with E-state index in [-0.39, 0.29) is 0 Å². The van der Waals surface area contributed by atoms with Crippen LogP contribution in [0.15, 0.2) is 12.7 Å². The van der Waals surface area contributed by atoms with Crippen LogP contribution >= 0.6 is 0 Å². The highest BCUT2D eigenvalue weighted by Crippen LogP contribution is 2.20. The largest absolute Gasteiger partial charge is 0.390 e. The molecule has 16 heavy (non-hydrogen) atoms. The van der Waals surface area contributed by atoms with Gasteiger partial charge in [-0.2, -0.15) is 0 Å². The third-order valence-electron chi connectivity index (χ3n) is 3.13. The summed E-state index contributed by atoms with van der Waals surface area (Å²) < 4.78 is 0. The Morgan fingerprint density at radius 2 is 1.75 bits per heavy atom. The molecule has 0 aromatic rings. The van der Waals surface area contributed by atoms with Gasteiger partial charge in [0.25, 0.3) is 0 Å². The molecule has 0 saturated carbocycles. The van der Waals surface area contributed by atoms with Crippen LogP contribution in [0.2, 0.25) is 0 Å². The topological polar surface area (TPSA) is 40.5 Å². The fourth-order valence-corrected chi connectivity index (χ4v) is 1.77. The zero-order valence-corrected chi connectivity index (χ0v) is 11.1. The van der Waals surface area contributed by atoms with E-state index in [4.69, 9.17) is 0 Å². The predicted molar refractivity (Wildman–Crippen MR) is 69.4 cm³/mol. The molecule has 2 heteroatoms. The van der Waals surface area contributed by atoms with Gasteiger partial charge in [0, 0.05) is 0 Å². The van der Waals surface area contributed by atoms with Crippen molar-refractivity contribution < 1.29 is 10.2 Å². The molecule has 0 radical (unpaired) electrons. The first-order valence-electron chi connectivity index (χ1n) is 6.44. The lowest BCUT2D eigenvalue weighted by Crippen LogP contribution is -2.35. The first-order valence-corrected chi connectivity index (χ1v) is 6.44. The second kappa shape index (κ2) is 7.86. The van der Waals surface area contributed by atoms with Crippen molar-refractivity contribution in [1.29, 1.82) is 0 Å². The molecule has 0 fully saturated rings. The number of unbranched alkanes of at least 4 members (excludes halogenated alkanes) is 1. The number of rotatable bonds is 9. The van der Waals surface area contributed by atoms with Crippen LogP contribution in [0.3, 0.4) is 0 Å². The second-order valence-electron chi connectivity index (χ2n) is 5.24. The van der Waals surface area contributed by atoms with Crippen LogP contribution in [-0.2, 0) is 0 Å². The summed E-state index contributed by atoms with van der Waals surface area (Å²) in [5, 5.41) is 19.3. The van der Waals surface area contributed by atoms with Crippen molar-refractivity contribution in [2.24, 2.45) is 5.92 Å². The summed E-state index contributed by atoms with van der Waals surface area (Å²) in [6, 6.07) is 0. The minimum absolute atomic E-state index is 0.564. The van der Waals surface area contributed by atoms with Crippen LogP contribution in [0.1, 0.15) is 59.3 Å². The SMILES string of the molecule is C=CC(CCCC)CCC[C@H](O)C(C)(C)O. The maximum Gasteiger partial charge on any atom is 0.0849 e. The Morgan fingerprint density at radius 1 is 1.19 bits per heavy atom. The maximum atomic E-state index is 9.67. The number of aliphatic hydroxyl groups is 2. The predicted octanol–water partition coefficient (Wildman–Crippen LogP) is 3.28. The zero-order chi connectivity index (χ0) is 12.6. The minimum Gasteiger partial charge on any atom is -0.390 e. The highest BCUT2D eigenvalue weighted by atomic mass is 16.3. The van der Waals surface area contributed by atoms with Gasteiger partial charge in [-0.25, -0.2) is 0 Å². The summed E-state index contributed by atoms with van der Waals surface area (Å²) in [6.07, 6.45) is 7.73. The van der Waals surface area contributed by atoms with E-state index in [1.807, 2.05) is 6.08 Å². The minimum atomic E-state index is -0.979. The average Bonchev–Trinajstić information content (AvgIpc) is 2.21. The molecule has 0 aromatic heterocycles. The van der Waals surface area contributed by atoms with Crippen molar-refractivity contribution in [3.8, 4) is 0 Å². The Labute approximate surface area is 100 Å². The van der Waals surface area contributed by atoms with E-state index in [9.17, 15) is 10.2 Å². The van der Waals surface area contributed by atoms with E-state index in [0.717, 1.165) is 12.8 Å². The van der Waals surface area contributed by atoms with Gasteiger partial charge >= 0.3 is 0 Å². The molecule has 2 nitrogen and oxygen atoms in total. The highest BCUT2D eigenvalue weighted by molar-refractivity contribution is 4.81. The van der Waals surface area contributed by atoms with Crippen molar-refractivity contribution >= 4 is 0 Å². The van der Waals surface area contributed by atoms with E-state index in [1.54, 1.807) is 13.8 Å². The van der Waals surface area contributed by atoms with Crippen molar-refractivity contribution in [2.75, 3.05) is 0 Å². The lowest BCUT2D eigenvalue weighted by atomic mass is 9.92. The Balaban J connectivity index is 3.74. The summed E-state index contributed by atoms with van der Waals surface area (Å²) in [4.78, 5) is 0. The maximum absolute atomic E-state index is 9.67. The van der Waals surface area contributed by atoms with Crippen LogP contribution in [-0.4, -0.2) is 21.9 Å². The van der Waals surface area contributed by atoms with Crippen molar-refractivity contribution in [3.63, 3.8) is 0 Å². The molecule has 0 aromatic carbocycles. The van der Waals surface area contributed by atoms with Gasteiger partial charge in [0.2, 0.25) is 0 Å². The van der Waals surface area contributed by atoms with Gasteiger partial charge in [-0.05, 0) is 39.0 Å². The molecule has 0 rings (SSSR count). The van der Waals surface area contributed by atoms with Crippen molar-refractivity contribution in [3.05, 3.63) is 12.7 Å². The molecule has 0 aliphatic heterocycles. The third-order valence-corrected chi connectivity index (χ3v) is 3.13. The van der Waals surface area contributed by atoms with Crippen molar-refractivity contribution in [2.45, 2.75) is 71.0 Å². The molecule has 2 atom stereocenters. The summed E-state index contributed by atoms with van der Waals surface area (Å²) in [5.74, 6) is 0.564. The first-order chi connectivity index (χ1) is 7.41. The van der Waals surface area contributed by atoms with Crippen molar-refractivity contribution in [1.82, 2.24) is 0 Å². The number of allylic oxidation sites excluding steroid dienone is 1. The molecule has 1 unspecified atom stereocenters. The normalized spacial score (nSPS) is 15.8. The number of hydrogen-bond donors (Lipinski definition) is 2. The lowest BCUT2D eigenvalue weighted by molar-refractivity contribution is -0.0524. The summed E-state index contributed by atoms with van der Waals surface area (Å²) in [5.41, 5.74) is -0.979. The van der Waals surface area contributed by atoms with Crippen LogP contribution in [0.4, 0.5) is 0 Å². The Morgan fingerprint density at radius 3 is 2.19 bits per heavy atom. The van der Waals surface area contributed by atoms with E-state index >= 15 is 0 Å². The average molecular weight is 228 g/mol. The summed E-state index contributed by atoms with van der Waals surface area (Å²) in [6.45, 7) is 9.35. The molecule has 0 amide bonds. The third kappa shape index (κ3) is 7.02. The quantitative estimate of drug-likeness (QED) is 0.595. The van der Waals surface area contributed by atoms with Gasteiger partial charge in [-0.15, -0.1) is 6.58 Å². The van der Waals surface area contributed by atoms with Crippen LogP contribution in [0.25, 0.3) is 0 Å². The van der Waals surface area contributed by atoms with Gasteiger partial charge in [-0.1, -0.05) is 32.3 Å². The Kier molecular flexibility index (Phi) is 7.69. The van der Waals surface area contributed by atoms with E-state index in [0.29, 0.717) is 12.3 Å². The smallest absolute Gasteiger partial charge is 0.0849 e. The molecule has 0 spiro atoms. The summed E-state index contributed by atoms with van der Waals surface area (Å²) in [7, 11) is 0. The Hall–Kier alpha value is -0.340. The first kappa shape index (κ1) is 15.7. The molecule has 0 bridgehead atoms. The monoisotopic (exact) mass is 228 g/mol. The molecular formula is C14H28O2. The Bertz CT molecular complexity index is 182. The van der Waals surface area contributed by atoms with Gasteiger partial charge in [0.05, 0.1) is 11.7 Å². The fraction of sp³-hybridized carbons (Fsp3) is 0.857. The van der Waals surface area contributed by atoms with E-state index in [1.165, 1.54) is 19.3 Å². The van der Waals surface area contributed by atoms with Crippen LogP contribution in [0.5, 0.6) is 0 Å².